The number of aryl methyl sites for hydroxylation is 1. The van der Waals surface area contributed by atoms with Crippen molar-refractivity contribution in [3.05, 3.63) is 47.2 Å². The number of nitrogens with zero attached hydrogens (tertiary/aromatic N) is 6. The van der Waals surface area contributed by atoms with Crippen LogP contribution in [0.4, 0.5) is 13.2 Å². The predicted molar refractivity (Wildman–Crippen MR) is 103 cm³/mol. The number of amides is 1. The van der Waals surface area contributed by atoms with Gasteiger partial charge in [-0.25, -0.2) is 4.98 Å². The summed E-state index contributed by atoms with van der Waals surface area (Å²) in [5.41, 5.74) is -1.46. The summed E-state index contributed by atoms with van der Waals surface area (Å²) in [6.45, 7) is 2.48. The van der Waals surface area contributed by atoms with Crippen molar-refractivity contribution in [2.45, 2.75) is 38.2 Å². The van der Waals surface area contributed by atoms with Gasteiger partial charge in [0.1, 0.15) is 0 Å². The van der Waals surface area contributed by atoms with E-state index in [9.17, 15) is 23.1 Å². The first-order valence-corrected chi connectivity index (χ1v) is 9.47. The van der Waals surface area contributed by atoms with Crippen LogP contribution in [-0.4, -0.2) is 48.0 Å². The first-order valence-electron chi connectivity index (χ1n) is 9.47. The van der Waals surface area contributed by atoms with Crippen LogP contribution >= 0.6 is 0 Å². The van der Waals surface area contributed by atoms with E-state index in [0.717, 1.165) is 0 Å². The molecule has 11 heteroatoms. The Morgan fingerprint density at radius 2 is 2.06 bits per heavy atom. The zero-order valence-electron chi connectivity index (χ0n) is 17.0. The fourth-order valence-electron chi connectivity index (χ4n) is 3.94. The van der Waals surface area contributed by atoms with Gasteiger partial charge in [-0.15, -0.1) is 0 Å². The maximum Gasteiger partial charge on any atom is 0.424 e. The van der Waals surface area contributed by atoms with E-state index in [1.165, 1.54) is 20.3 Å². The Kier molecular flexibility index (Phi) is 4.59. The summed E-state index contributed by atoms with van der Waals surface area (Å²) in [5, 5.41) is 24.1. The number of imidazole rings is 1. The maximum absolute atomic E-state index is 13.3. The van der Waals surface area contributed by atoms with Crippen LogP contribution < -0.4 is 0 Å². The lowest BCUT2D eigenvalue weighted by Crippen LogP contribution is -2.45. The predicted octanol–water partition coefficient (Wildman–Crippen LogP) is 2.63. The van der Waals surface area contributed by atoms with Crippen LogP contribution in [0.3, 0.4) is 0 Å². The number of carbonyl (C=O) groups excluding carboxylic acids is 1. The fourth-order valence-corrected chi connectivity index (χ4v) is 3.94. The summed E-state index contributed by atoms with van der Waals surface area (Å²) in [6.07, 6.45) is -3.64. The molecule has 8 nitrogen and oxygen atoms in total. The number of benzene rings is 1. The Bertz CT molecular complexity index is 1230. The first kappa shape index (κ1) is 20.9. The molecule has 1 amide bonds. The Morgan fingerprint density at radius 3 is 2.71 bits per heavy atom. The third-order valence-electron chi connectivity index (χ3n) is 5.61. The normalized spacial score (nSPS) is 18.5. The molecule has 0 fully saturated rings. The highest BCUT2D eigenvalue weighted by molar-refractivity contribution is 6.05. The van der Waals surface area contributed by atoms with Gasteiger partial charge in [0.2, 0.25) is 5.60 Å². The number of rotatable bonds is 2. The second kappa shape index (κ2) is 6.81. The third-order valence-corrected chi connectivity index (χ3v) is 5.61. The van der Waals surface area contributed by atoms with Crippen molar-refractivity contribution in [1.29, 1.82) is 5.26 Å². The van der Waals surface area contributed by atoms with Gasteiger partial charge in [0.25, 0.3) is 5.91 Å². The number of aliphatic hydroxyl groups is 1. The Morgan fingerprint density at radius 1 is 1.35 bits per heavy atom. The number of nitriles is 1. The quantitative estimate of drug-likeness (QED) is 0.671. The second-order valence-corrected chi connectivity index (χ2v) is 7.86. The van der Waals surface area contributed by atoms with E-state index in [-0.39, 0.29) is 24.7 Å². The molecule has 0 saturated heterocycles. The highest BCUT2D eigenvalue weighted by Gasteiger charge is 2.55. The third kappa shape index (κ3) is 3.14. The van der Waals surface area contributed by atoms with Crippen LogP contribution in [0.2, 0.25) is 0 Å². The van der Waals surface area contributed by atoms with Gasteiger partial charge < -0.3 is 14.6 Å². The Balaban J connectivity index is 1.69. The summed E-state index contributed by atoms with van der Waals surface area (Å²) in [7, 11) is 1.67. The van der Waals surface area contributed by atoms with Crippen molar-refractivity contribution in [3.63, 3.8) is 0 Å². The van der Waals surface area contributed by atoms with Gasteiger partial charge in [-0.2, -0.15) is 23.5 Å². The number of hydrogen-bond donors (Lipinski definition) is 1. The molecule has 1 N–H and O–H groups in total. The monoisotopic (exact) mass is 432 g/mol. The first-order chi connectivity index (χ1) is 14.5. The molecule has 2 aromatic heterocycles. The summed E-state index contributed by atoms with van der Waals surface area (Å²) >= 11 is 0. The van der Waals surface area contributed by atoms with Crippen LogP contribution in [0.15, 0.2) is 24.4 Å². The van der Waals surface area contributed by atoms with Gasteiger partial charge in [-0.3, -0.25) is 9.48 Å². The fraction of sp³-hybridized carbons (Fsp3) is 0.400. The topological polar surface area (TPSA) is 100.0 Å². The standard InChI is InChI=1S/C20H19F3N6O2/c1-11-9-28(10-13-8-25-18(29(11)13)19(2,31)20(21,22)23)17(30)16-14-5-4-12(7-24)6-15(14)27(3)26-16/h4-6,8,11,31H,9-10H2,1-3H3. The summed E-state index contributed by atoms with van der Waals surface area (Å²) in [6, 6.07) is 6.39. The van der Waals surface area contributed by atoms with E-state index in [1.54, 1.807) is 32.2 Å². The van der Waals surface area contributed by atoms with Crippen molar-refractivity contribution in [1.82, 2.24) is 24.2 Å². The molecule has 3 aromatic rings. The van der Waals surface area contributed by atoms with Crippen LogP contribution in [0.1, 0.15) is 47.5 Å². The number of alkyl halides is 3. The molecule has 0 saturated carbocycles. The van der Waals surface area contributed by atoms with E-state index in [0.29, 0.717) is 29.1 Å². The zero-order valence-corrected chi connectivity index (χ0v) is 17.0. The minimum atomic E-state index is -4.89. The van der Waals surface area contributed by atoms with E-state index in [4.69, 9.17) is 5.26 Å². The van der Waals surface area contributed by atoms with Crippen molar-refractivity contribution in [2.24, 2.45) is 7.05 Å². The molecule has 2 unspecified atom stereocenters. The Labute approximate surface area is 175 Å². The van der Waals surface area contributed by atoms with Gasteiger partial charge in [0.15, 0.2) is 11.5 Å². The molecular weight excluding hydrogens is 413 g/mol. The molecule has 162 valence electrons. The van der Waals surface area contributed by atoms with Crippen molar-refractivity contribution < 1.29 is 23.1 Å². The van der Waals surface area contributed by atoms with E-state index < -0.39 is 23.6 Å². The highest BCUT2D eigenvalue weighted by atomic mass is 19.4. The smallest absolute Gasteiger partial charge is 0.374 e. The summed E-state index contributed by atoms with van der Waals surface area (Å²) in [4.78, 5) is 18.6. The maximum atomic E-state index is 13.3. The van der Waals surface area contributed by atoms with E-state index in [2.05, 4.69) is 10.1 Å². The molecule has 4 rings (SSSR count). The number of hydrogen-bond acceptors (Lipinski definition) is 5. The highest BCUT2D eigenvalue weighted by Crippen LogP contribution is 2.40. The molecule has 1 aliphatic heterocycles. The summed E-state index contributed by atoms with van der Waals surface area (Å²) in [5.74, 6) is -0.874. The lowest BCUT2D eigenvalue weighted by molar-refractivity contribution is -0.263. The van der Waals surface area contributed by atoms with Gasteiger partial charge in [0.05, 0.1) is 41.6 Å². The Hall–Kier alpha value is -3.39. The van der Waals surface area contributed by atoms with Crippen LogP contribution in [0.25, 0.3) is 10.9 Å². The number of fused-ring (bicyclic) bond motifs is 2. The van der Waals surface area contributed by atoms with Gasteiger partial charge in [-0.05, 0) is 32.0 Å². The minimum absolute atomic E-state index is 0.0262. The second-order valence-electron chi connectivity index (χ2n) is 7.86. The van der Waals surface area contributed by atoms with Crippen molar-refractivity contribution >= 4 is 16.8 Å². The van der Waals surface area contributed by atoms with Crippen molar-refractivity contribution in [3.8, 4) is 6.07 Å². The lowest BCUT2D eigenvalue weighted by atomic mass is 10.0. The molecule has 0 radical (unpaired) electrons. The molecular formula is C20H19F3N6O2. The average molecular weight is 432 g/mol. The van der Waals surface area contributed by atoms with Gasteiger partial charge in [-0.1, -0.05) is 0 Å². The zero-order chi connectivity index (χ0) is 22.7. The molecule has 1 aromatic carbocycles. The van der Waals surface area contributed by atoms with Gasteiger partial charge in [0, 0.05) is 19.0 Å². The van der Waals surface area contributed by atoms with Crippen LogP contribution in [0, 0.1) is 11.3 Å². The van der Waals surface area contributed by atoms with E-state index in [1.807, 2.05) is 6.07 Å². The molecule has 0 spiro atoms. The number of halogens is 3. The molecule has 31 heavy (non-hydrogen) atoms. The molecule has 0 aliphatic carbocycles. The number of carbonyl (C=O) groups is 1. The van der Waals surface area contributed by atoms with Gasteiger partial charge >= 0.3 is 6.18 Å². The summed E-state index contributed by atoms with van der Waals surface area (Å²) < 4.78 is 42.8. The molecule has 2 atom stereocenters. The average Bonchev–Trinajstić information content (AvgIpc) is 3.28. The minimum Gasteiger partial charge on any atom is -0.374 e. The molecule has 0 bridgehead atoms. The van der Waals surface area contributed by atoms with E-state index >= 15 is 0 Å². The number of aromatic nitrogens is 4. The lowest BCUT2D eigenvalue weighted by Gasteiger charge is -2.36. The SMILES string of the molecule is CC1CN(C(=O)c2nn(C)c3cc(C#N)ccc23)Cc2cnc(C(C)(O)C(F)(F)F)n21. The largest absolute Gasteiger partial charge is 0.424 e. The molecule has 3 heterocycles. The van der Waals surface area contributed by atoms with Crippen LogP contribution in [-0.2, 0) is 19.2 Å². The molecule has 1 aliphatic rings. The van der Waals surface area contributed by atoms with Crippen LogP contribution in [0.5, 0.6) is 0 Å². The van der Waals surface area contributed by atoms with Crippen molar-refractivity contribution in [2.75, 3.05) is 6.54 Å².